The van der Waals surface area contributed by atoms with Crippen molar-refractivity contribution in [2.75, 3.05) is 5.32 Å². The number of carbonyl (C=O) groups excluding carboxylic acids is 1. The highest BCUT2D eigenvalue weighted by Gasteiger charge is 2.18. The fraction of sp³-hybridized carbons (Fsp3) is 0.273. The molecule has 1 N–H and O–H groups in total. The van der Waals surface area contributed by atoms with Crippen LogP contribution in [0, 0.1) is 6.92 Å². The molecule has 0 spiro atoms. The highest BCUT2D eigenvalue weighted by Crippen LogP contribution is 2.30. The molecule has 0 aliphatic heterocycles. The molecule has 1 amide bonds. The predicted octanol–water partition coefficient (Wildman–Crippen LogP) is 5.68. The summed E-state index contributed by atoms with van der Waals surface area (Å²) in [5, 5.41) is 12.3. The van der Waals surface area contributed by atoms with Gasteiger partial charge in [-0.3, -0.25) is 15.1 Å². The van der Waals surface area contributed by atoms with Crippen LogP contribution < -0.4 is 10.1 Å². The van der Waals surface area contributed by atoms with Crippen molar-refractivity contribution in [1.82, 2.24) is 15.2 Å². The minimum Gasteiger partial charge on any atom is -0.464 e. The fourth-order valence-corrected chi connectivity index (χ4v) is 4.01. The molecule has 1 aliphatic carbocycles. The largest absolute Gasteiger partial charge is 0.464 e. The second-order valence-corrected chi connectivity index (χ2v) is 8.47. The number of nitrogens with zero attached hydrogens (tertiary/aromatic N) is 3. The van der Waals surface area contributed by atoms with E-state index in [9.17, 15) is 4.79 Å². The Kier molecular flexibility index (Phi) is 6.40. The summed E-state index contributed by atoms with van der Waals surface area (Å²) in [5.74, 6) is -0.246. The summed E-state index contributed by atoms with van der Waals surface area (Å²) in [7, 11) is 0. The maximum absolute atomic E-state index is 12.9. The van der Waals surface area contributed by atoms with Gasteiger partial charge in [0.25, 0.3) is 11.1 Å². The van der Waals surface area contributed by atoms with Gasteiger partial charge in [-0.25, -0.2) is 0 Å². The van der Waals surface area contributed by atoms with Crippen LogP contribution in [0.2, 0.25) is 5.02 Å². The molecule has 1 aromatic carbocycles. The van der Waals surface area contributed by atoms with E-state index in [-0.39, 0.29) is 5.91 Å². The number of nitrogens with one attached hydrogen (secondary N) is 1. The highest BCUT2D eigenvalue weighted by atomic mass is 35.5. The van der Waals surface area contributed by atoms with Crippen LogP contribution >= 0.6 is 22.9 Å². The number of rotatable bonds is 6. The summed E-state index contributed by atoms with van der Waals surface area (Å²) in [6, 6.07) is 9.37. The van der Waals surface area contributed by atoms with Crippen LogP contribution in [0.4, 0.5) is 5.13 Å². The number of carbonyl (C=O) groups is 1. The van der Waals surface area contributed by atoms with Crippen molar-refractivity contribution in [3.63, 3.8) is 0 Å². The van der Waals surface area contributed by atoms with Gasteiger partial charge in [0.2, 0.25) is 5.13 Å². The van der Waals surface area contributed by atoms with Gasteiger partial charge in [0.05, 0.1) is 5.56 Å². The molecule has 0 fully saturated rings. The third-order valence-corrected chi connectivity index (χ3v) is 5.83. The molecule has 0 unspecified atom stereocenters. The molecule has 4 rings (SSSR count). The maximum Gasteiger partial charge on any atom is 0.296 e. The van der Waals surface area contributed by atoms with Crippen molar-refractivity contribution in [2.24, 2.45) is 0 Å². The smallest absolute Gasteiger partial charge is 0.296 e. The summed E-state index contributed by atoms with van der Waals surface area (Å²) in [6.07, 6.45) is 8.21. The first kappa shape index (κ1) is 20.5. The van der Waals surface area contributed by atoms with E-state index in [1.54, 1.807) is 18.3 Å². The van der Waals surface area contributed by atoms with Gasteiger partial charge in [0.1, 0.15) is 6.61 Å². The van der Waals surface area contributed by atoms with Gasteiger partial charge in [0, 0.05) is 16.9 Å². The third-order valence-electron chi connectivity index (χ3n) is 4.82. The molecule has 2 aromatic heterocycles. The average Bonchev–Trinajstić information content (AvgIpc) is 3.21. The van der Waals surface area contributed by atoms with Crippen LogP contribution in [0.25, 0.3) is 5.57 Å². The van der Waals surface area contributed by atoms with Crippen molar-refractivity contribution in [3.8, 4) is 5.19 Å². The van der Waals surface area contributed by atoms with Gasteiger partial charge >= 0.3 is 0 Å². The number of pyridine rings is 1. The quantitative estimate of drug-likeness (QED) is 0.533. The zero-order valence-electron chi connectivity index (χ0n) is 16.5. The lowest BCUT2D eigenvalue weighted by Gasteiger charge is -2.16. The molecule has 0 saturated heterocycles. The summed E-state index contributed by atoms with van der Waals surface area (Å²) < 4.78 is 5.66. The normalized spacial score (nSPS) is 13.6. The van der Waals surface area contributed by atoms with Gasteiger partial charge in [-0.15, -0.1) is 5.10 Å². The minimum atomic E-state index is -0.246. The number of amides is 1. The molecule has 0 radical (unpaired) electrons. The molecule has 1 aliphatic rings. The first-order valence-corrected chi connectivity index (χ1v) is 11.0. The molecule has 30 heavy (non-hydrogen) atoms. The van der Waals surface area contributed by atoms with Gasteiger partial charge in [0.15, 0.2) is 0 Å². The lowest BCUT2D eigenvalue weighted by atomic mass is 9.91. The second-order valence-electron chi connectivity index (χ2n) is 7.09. The second kappa shape index (κ2) is 9.36. The van der Waals surface area contributed by atoms with Gasteiger partial charge in [-0.05, 0) is 78.8 Å². The summed E-state index contributed by atoms with van der Waals surface area (Å²) in [4.78, 5) is 17.2. The van der Waals surface area contributed by atoms with E-state index in [0.717, 1.165) is 36.1 Å². The fourth-order valence-electron chi connectivity index (χ4n) is 3.30. The third kappa shape index (κ3) is 5.04. The standard InChI is InChI=1S/C22H21ClN4O2S/c1-14-11-18(16-5-3-2-4-6-16)19(12-24-14)20(28)25-21-26-27-22(30-21)29-13-15-7-9-17(23)10-8-15/h5,7-12H,2-4,6,13H2,1H3,(H,25,26,28). The summed E-state index contributed by atoms with van der Waals surface area (Å²) in [5.41, 5.74) is 4.57. The van der Waals surface area contributed by atoms with Crippen molar-refractivity contribution in [1.29, 1.82) is 0 Å². The monoisotopic (exact) mass is 440 g/mol. The average molecular weight is 441 g/mol. The Labute approximate surface area is 184 Å². The van der Waals surface area contributed by atoms with Crippen molar-refractivity contribution < 1.29 is 9.53 Å². The summed E-state index contributed by atoms with van der Waals surface area (Å²) in [6.45, 7) is 2.28. The van der Waals surface area contributed by atoms with E-state index in [0.29, 0.717) is 27.5 Å². The van der Waals surface area contributed by atoms with E-state index in [1.807, 2.05) is 25.1 Å². The van der Waals surface area contributed by atoms with E-state index < -0.39 is 0 Å². The number of anilines is 1. The van der Waals surface area contributed by atoms with E-state index in [4.69, 9.17) is 16.3 Å². The van der Waals surface area contributed by atoms with Crippen molar-refractivity contribution in [3.05, 3.63) is 70.0 Å². The molecule has 8 heteroatoms. The van der Waals surface area contributed by atoms with E-state index in [1.165, 1.54) is 23.3 Å². The number of hydrogen-bond acceptors (Lipinski definition) is 6. The van der Waals surface area contributed by atoms with Gasteiger partial charge in [-0.2, -0.15) is 0 Å². The zero-order valence-corrected chi connectivity index (χ0v) is 18.1. The molecule has 0 saturated carbocycles. The molecule has 0 atom stereocenters. The molecule has 2 heterocycles. The van der Waals surface area contributed by atoms with Crippen LogP contribution in [-0.4, -0.2) is 21.1 Å². The van der Waals surface area contributed by atoms with Crippen LogP contribution in [0.1, 0.15) is 52.9 Å². The number of ether oxygens (including phenoxy) is 1. The Hall–Kier alpha value is -2.77. The van der Waals surface area contributed by atoms with E-state index >= 15 is 0 Å². The Balaban J connectivity index is 1.44. The van der Waals surface area contributed by atoms with Crippen LogP contribution in [0.15, 0.2) is 42.6 Å². The molecule has 6 nitrogen and oxygen atoms in total. The zero-order chi connectivity index (χ0) is 20.9. The number of aryl methyl sites for hydroxylation is 1. The molecule has 154 valence electrons. The Morgan fingerprint density at radius 3 is 2.83 bits per heavy atom. The van der Waals surface area contributed by atoms with Crippen molar-refractivity contribution in [2.45, 2.75) is 39.2 Å². The van der Waals surface area contributed by atoms with Crippen LogP contribution in [0.3, 0.4) is 0 Å². The minimum absolute atomic E-state index is 0.246. The van der Waals surface area contributed by atoms with E-state index in [2.05, 4.69) is 26.6 Å². The lowest BCUT2D eigenvalue weighted by Crippen LogP contribution is -2.15. The van der Waals surface area contributed by atoms with Crippen molar-refractivity contribution >= 4 is 39.5 Å². The molecular weight excluding hydrogens is 420 g/mol. The molecular formula is C22H21ClN4O2S. The number of benzene rings is 1. The summed E-state index contributed by atoms with van der Waals surface area (Å²) >= 11 is 7.08. The van der Waals surface area contributed by atoms with Crippen LogP contribution in [0.5, 0.6) is 5.19 Å². The molecule has 0 bridgehead atoms. The Morgan fingerprint density at radius 1 is 1.23 bits per heavy atom. The predicted molar refractivity (Wildman–Crippen MR) is 119 cm³/mol. The van der Waals surface area contributed by atoms with Gasteiger partial charge < -0.3 is 4.74 Å². The van der Waals surface area contributed by atoms with Crippen LogP contribution in [-0.2, 0) is 6.61 Å². The van der Waals surface area contributed by atoms with Gasteiger partial charge in [-0.1, -0.05) is 34.9 Å². The number of aromatic nitrogens is 3. The lowest BCUT2D eigenvalue weighted by molar-refractivity contribution is 0.102. The SMILES string of the molecule is Cc1cc(C2=CCCCC2)c(C(=O)Nc2nnc(OCc3ccc(Cl)cc3)s2)cn1. The number of hydrogen-bond donors (Lipinski definition) is 1. The topological polar surface area (TPSA) is 77.0 Å². The number of allylic oxidation sites excluding steroid dienone is 2. The first-order valence-electron chi connectivity index (χ1n) is 9.76. The first-order chi connectivity index (χ1) is 14.6. The Bertz CT molecular complexity index is 1080. The molecule has 3 aromatic rings. The Morgan fingerprint density at radius 2 is 2.07 bits per heavy atom. The number of halogens is 1. The maximum atomic E-state index is 12.9. The highest BCUT2D eigenvalue weighted by molar-refractivity contribution is 7.17.